The first-order valence-corrected chi connectivity index (χ1v) is 3.46. The minimum atomic E-state index is 0.403. The van der Waals surface area contributed by atoms with Crippen LogP contribution >= 0.6 is 0 Å². The van der Waals surface area contributed by atoms with Crippen LogP contribution in [-0.4, -0.2) is 37.2 Å². The zero-order valence-electron chi connectivity index (χ0n) is 5.97. The molecule has 1 rings (SSSR count). The fraction of sp³-hybridized carbons (Fsp3) is 0.857. The fourth-order valence-electron chi connectivity index (χ4n) is 1.09. The molecular formula is C7H14NO. The van der Waals surface area contributed by atoms with Crippen LogP contribution in [0.5, 0.6) is 0 Å². The van der Waals surface area contributed by atoms with Crippen molar-refractivity contribution in [2.75, 3.05) is 26.2 Å². The molecule has 0 saturated carbocycles. The summed E-state index contributed by atoms with van der Waals surface area (Å²) in [6, 6.07) is 0. The van der Waals surface area contributed by atoms with E-state index >= 15 is 0 Å². The molecule has 1 radical (unpaired) electrons. The van der Waals surface area contributed by atoms with Crippen LogP contribution in [-0.2, 0) is 4.74 Å². The zero-order valence-corrected chi connectivity index (χ0v) is 5.97. The van der Waals surface area contributed by atoms with Crippen LogP contribution in [0, 0.1) is 6.92 Å². The van der Waals surface area contributed by atoms with E-state index in [2.05, 4.69) is 18.7 Å². The molecule has 1 aliphatic heterocycles. The number of hydrogen-bond donors (Lipinski definition) is 0. The van der Waals surface area contributed by atoms with Gasteiger partial charge in [0.25, 0.3) is 0 Å². The molecule has 1 saturated heterocycles. The Morgan fingerprint density at radius 1 is 1.78 bits per heavy atom. The summed E-state index contributed by atoms with van der Waals surface area (Å²) >= 11 is 0. The first kappa shape index (κ1) is 7.03. The molecule has 2 heteroatoms. The van der Waals surface area contributed by atoms with Gasteiger partial charge >= 0.3 is 0 Å². The first-order chi connectivity index (χ1) is 4.33. The number of rotatable bonds is 1. The van der Waals surface area contributed by atoms with E-state index in [-0.39, 0.29) is 0 Å². The maximum Gasteiger partial charge on any atom is 0.0674 e. The Morgan fingerprint density at radius 3 is 3.00 bits per heavy atom. The second kappa shape index (κ2) is 3.18. The van der Waals surface area contributed by atoms with Crippen molar-refractivity contribution in [1.29, 1.82) is 0 Å². The molecule has 0 aromatic rings. The molecule has 53 valence electrons. The second-order valence-corrected chi connectivity index (χ2v) is 2.48. The lowest BCUT2D eigenvalue weighted by molar-refractivity contribution is -0.0142. The molecule has 2 nitrogen and oxygen atoms in total. The molecule has 0 aliphatic carbocycles. The van der Waals surface area contributed by atoms with Crippen molar-refractivity contribution in [3.05, 3.63) is 6.92 Å². The summed E-state index contributed by atoms with van der Waals surface area (Å²) in [6.07, 6.45) is 0.403. The first-order valence-electron chi connectivity index (χ1n) is 3.46. The lowest BCUT2D eigenvalue weighted by atomic mass is 10.3. The van der Waals surface area contributed by atoms with Crippen molar-refractivity contribution in [3.63, 3.8) is 0 Å². The summed E-state index contributed by atoms with van der Waals surface area (Å²) in [5, 5.41) is 0. The van der Waals surface area contributed by atoms with Crippen LogP contribution in [0.1, 0.15) is 6.92 Å². The third-order valence-corrected chi connectivity index (χ3v) is 1.64. The maximum absolute atomic E-state index is 5.34. The third kappa shape index (κ3) is 1.95. The molecule has 0 amide bonds. The van der Waals surface area contributed by atoms with Gasteiger partial charge < -0.3 is 4.74 Å². The van der Waals surface area contributed by atoms with Gasteiger partial charge in [0.05, 0.1) is 12.7 Å². The van der Waals surface area contributed by atoms with E-state index in [1.807, 2.05) is 0 Å². The highest BCUT2D eigenvalue weighted by molar-refractivity contribution is 4.67. The zero-order chi connectivity index (χ0) is 6.69. The molecule has 9 heavy (non-hydrogen) atoms. The Hall–Kier alpha value is -0.0800. The minimum Gasteiger partial charge on any atom is -0.376 e. The molecule has 1 fully saturated rings. The van der Waals surface area contributed by atoms with E-state index in [0.717, 1.165) is 26.2 Å². The Kier molecular flexibility index (Phi) is 2.49. The molecule has 1 atom stereocenters. The van der Waals surface area contributed by atoms with Gasteiger partial charge in [0.15, 0.2) is 0 Å². The molecule has 1 heterocycles. The van der Waals surface area contributed by atoms with Gasteiger partial charge in [-0.3, -0.25) is 4.90 Å². The van der Waals surface area contributed by atoms with Crippen molar-refractivity contribution >= 4 is 0 Å². The molecule has 0 aromatic carbocycles. The molecule has 1 unspecified atom stereocenters. The van der Waals surface area contributed by atoms with Crippen molar-refractivity contribution in [2.45, 2.75) is 13.0 Å². The van der Waals surface area contributed by atoms with Crippen LogP contribution in [0.2, 0.25) is 0 Å². The second-order valence-electron chi connectivity index (χ2n) is 2.48. The molecule has 0 bridgehead atoms. The maximum atomic E-state index is 5.34. The van der Waals surface area contributed by atoms with E-state index in [1.165, 1.54) is 0 Å². The number of hydrogen-bond acceptors (Lipinski definition) is 2. The van der Waals surface area contributed by atoms with Gasteiger partial charge in [0.1, 0.15) is 0 Å². The molecule has 0 spiro atoms. The predicted octanol–water partition coefficient (Wildman–Crippen LogP) is 0.541. The van der Waals surface area contributed by atoms with E-state index in [1.54, 1.807) is 0 Å². The largest absolute Gasteiger partial charge is 0.376 e. The standard InChI is InChI=1S/C7H14NO/c1-3-8-4-5-9-7(2)6-8/h7H,1,3-6H2,2H3. The number of morpholine rings is 1. The van der Waals surface area contributed by atoms with Crippen LogP contribution < -0.4 is 0 Å². The van der Waals surface area contributed by atoms with Crippen LogP contribution in [0.15, 0.2) is 0 Å². The summed E-state index contributed by atoms with van der Waals surface area (Å²) in [6.45, 7) is 9.79. The van der Waals surface area contributed by atoms with Crippen molar-refractivity contribution < 1.29 is 4.74 Å². The number of ether oxygens (including phenoxy) is 1. The topological polar surface area (TPSA) is 12.5 Å². The summed E-state index contributed by atoms with van der Waals surface area (Å²) in [5.74, 6) is 0. The SMILES string of the molecule is [CH2]CN1CCOC(C)C1. The van der Waals surface area contributed by atoms with E-state index < -0.39 is 0 Å². The minimum absolute atomic E-state index is 0.403. The van der Waals surface area contributed by atoms with Gasteiger partial charge in [-0.2, -0.15) is 0 Å². The van der Waals surface area contributed by atoms with Crippen LogP contribution in [0.3, 0.4) is 0 Å². The van der Waals surface area contributed by atoms with Gasteiger partial charge in [-0.05, 0) is 20.4 Å². The predicted molar refractivity (Wildman–Crippen MR) is 37.2 cm³/mol. The average molecular weight is 128 g/mol. The summed E-state index contributed by atoms with van der Waals surface area (Å²) < 4.78 is 5.34. The fourth-order valence-corrected chi connectivity index (χ4v) is 1.09. The van der Waals surface area contributed by atoms with Gasteiger partial charge in [-0.1, -0.05) is 0 Å². The van der Waals surface area contributed by atoms with Gasteiger partial charge in [-0.25, -0.2) is 0 Å². The van der Waals surface area contributed by atoms with Gasteiger partial charge in [0.2, 0.25) is 0 Å². The van der Waals surface area contributed by atoms with Crippen molar-refractivity contribution in [2.24, 2.45) is 0 Å². The van der Waals surface area contributed by atoms with Gasteiger partial charge in [-0.15, -0.1) is 0 Å². The Labute approximate surface area is 56.8 Å². The Bertz CT molecular complexity index is 85.0. The highest BCUT2D eigenvalue weighted by Crippen LogP contribution is 2.02. The average Bonchev–Trinajstić information content (AvgIpc) is 1.88. The molecule has 1 aliphatic rings. The highest BCUT2D eigenvalue weighted by atomic mass is 16.5. The summed E-state index contributed by atoms with van der Waals surface area (Å²) in [4.78, 5) is 2.30. The van der Waals surface area contributed by atoms with E-state index in [0.29, 0.717) is 6.10 Å². The third-order valence-electron chi connectivity index (χ3n) is 1.64. The lowest BCUT2D eigenvalue weighted by Gasteiger charge is -2.29. The van der Waals surface area contributed by atoms with Crippen molar-refractivity contribution in [1.82, 2.24) is 4.90 Å². The van der Waals surface area contributed by atoms with Crippen LogP contribution in [0.4, 0.5) is 0 Å². The van der Waals surface area contributed by atoms with E-state index in [4.69, 9.17) is 4.74 Å². The normalized spacial score (nSPS) is 30.7. The highest BCUT2D eigenvalue weighted by Gasteiger charge is 2.13. The van der Waals surface area contributed by atoms with Crippen LogP contribution in [0.25, 0.3) is 0 Å². The summed E-state index contributed by atoms with van der Waals surface area (Å²) in [5.41, 5.74) is 0. The van der Waals surface area contributed by atoms with Gasteiger partial charge in [0, 0.05) is 13.1 Å². The quantitative estimate of drug-likeness (QED) is 0.511. The lowest BCUT2D eigenvalue weighted by Crippen LogP contribution is -2.40. The monoisotopic (exact) mass is 128 g/mol. The molecule has 0 aromatic heterocycles. The number of nitrogens with zero attached hydrogens (tertiary/aromatic N) is 1. The molecule has 0 N–H and O–H groups in total. The summed E-state index contributed by atoms with van der Waals surface area (Å²) in [7, 11) is 0. The smallest absolute Gasteiger partial charge is 0.0674 e. The van der Waals surface area contributed by atoms with E-state index in [9.17, 15) is 0 Å². The van der Waals surface area contributed by atoms with Crippen molar-refractivity contribution in [3.8, 4) is 0 Å². The Morgan fingerprint density at radius 2 is 2.56 bits per heavy atom. The molecular weight excluding hydrogens is 114 g/mol. The Balaban J connectivity index is 2.23.